The molecule has 0 saturated carbocycles. The summed E-state index contributed by atoms with van der Waals surface area (Å²) < 4.78 is 1.86. The fourth-order valence-corrected chi connectivity index (χ4v) is 1.74. The van der Waals surface area contributed by atoms with Gasteiger partial charge in [-0.2, -0.15) is 0 Å². The van der Waals surface area contributed by atoms with Gasteiger partial charge in [-0.1, -0.05) is 37.1 Å². The Morgan fingerprint density at radius 2 is 0.744 bits per heavy atom. The smallest absolute Gasteiger partial charge is 0.338 e. The van der Waals surface area contributed by atoms with Crippen molar-refractivity contribution in [2.75, 3.05) is 0 Å². The Morgan fingerprint density at radius 3 is 0.860 bits per heavy atom. The molecule has 14 nitrogen and oxygen atoms in total. The summed E-state index contributed by atoms with van der Waals surface area (Å²) >= 11 is 8.80. The average molecular weight is 685 g/mol. The lowest BCUT2D eigenvalue weighted by Crippen LogP contribution is -3.00. The van der Waals surface area contributed by atoms with Crippen LogP contribution >= 0.6 is 23.2 Å². The molecule has 4 N–H and O–H groups in total. The van der Waals surface area contributed by atoms with Crippen LogP contribution in [0.1, 0.15) is 37.1 Å². The number of carbonyl (C=O) groups excluding carboxylic acids is 2. The predicted molar refractivity (Wildman–Crippen MR) is 166 cm³/mol. The largest absolute Gasteiger partial charge is 1.00 e. The SMILES string of the molecule is C.C.C.C.C.O=C(Cl)Cl.O=C(n1ccnc1)n1ccnc1.[Cl-].[Cl-].c1c[nH]cn1.c1c[nH]cn1.c1c[nH]cn1.c1c[nH]cn1. The number of imidazole rings is 6. The van der Waals surface area contributed by atoms with Gasteiger partial charge in [0.25, 0.3) is 0 Å². The number of halogens is 4. The molecule has 6 aromatic heterocycles. The van der Waals surface area contributed by atoms with Gasteiger partial charge in [-0.05, 0) is 23.2 Å². The minimum atomic E-state index is -0.889. The fourth-order valence-electron chi connectivity index (χ4n) is 1.74. The van der Waals surface area contributed by atoms with Gasteiger partial charge in [0, 0.05) is 74.4 Å². The van der Waals surface area contributed by atoms with E-state index in [-0.39, 0.29) is 68.0 Å². The number of carbonyl (C=O) groups is 2. The molecule has 0 aliphatic heterocycles. The monoisotopic (exact) mass is 682 g/mol. The molecule has 0 bridgehead atoms. The van der Waals surface area contributed by atoms with Gasteiger partial charge in [0.05, 0.1) is 25.3 Å². The molecule has 244 valence electrons. The molecule has 6 heterocycles. The molecule has 0 aromatic carbocycles. The molecule has 6 aromatic rings. The van der Waals surface area contributed by atoms with Gasteiger partial charge in [-0.3, -0.25) is 13.9 Å². The normalized spacial score (nSPS) is 7.12. The summed E-state index contributed by atoms with van der Waals surface area (Å²) in [6.07, 6.45) is 29.5. The number of rotatable bonds is 0. The number of nitrogens with zero attached hydrogens (tertiary/aromatic N) is 8. The Labute approximate surface area is 276 Å². The number of aromatic nitrogens is 12. The summed E-state index contributed by atoms with van der Waals surface area (Å²) in [5.41, 5.74) is 0. The Kier molecular flexibility index (Phi) is 50.8. The highest BCUT2D eigenvalue weighted by molar-refractivity contribution is 6.93. The van der Waals surface area contributed by atoms with E-state index in [2.05, 4.69) is 73.0 Å². The molecule has 0 fully saturated rings. The summed E-state index contributed by atoms with van der Waals surface area (Å²) in [4.78, 5) is 53.6. The number of H-pyrrole nitrogens is 4. The first kappa shape index (κ1) is 54.8. The highest BCUT2D eigenvalue weighted by Crippen LogP contribution is 1.92. The van der Waals surface area contributed by atoms with Crippen LogP contribution in [-0.2, 0) is 0 Å². The van der Waals surface area contributed by atoms with E-state index < -0.39 is 4.70 Å². The number of hydrogen-bond donors (Lipinski definition) is 4. The van der Waals surface area contributed by atoms with Gasteiger partial charge < -0.3 is 44.7 Å². The molecule has 0 saturated heterocycles. The quantitative estimate of drug-likeness (QED) is 0.171. The van der Waals surface area contributed by atoms with Gasteiger partial charge >= 0.3 is 10.7 Å². The maximum atomic E-state index is 11.4. The maximum absolute atomic E-state index is 11.4. The Bertz CT molecular complexity index is 972. The third kappa shape index (κ3) is 33.9. The van der Waals surface area contributed by atoms with E-state index in [0.717, 1.165) is 0 Å². The van der Waals surface area contributed by atoms with Crippen molar-refractivity contribution in [2.45, 2.75) is 37.1 Å². The van der Waals surface area contributed by atoms with Crippen molar-refractivity contribution < 1.29 is 34.4 Å². The Hall–Kier alpha value is -4.24. The van der Waals surface area contributed by atoms with Gasteiger partial charge in [-0.15, -0.1) is 0 Å². The van der Waals surface area contributed by atoms with Crippen molar-refractivity contribution in [2.24, 2.45) is 0 Å². The van der Waals surface area contributed by atoms with Crippen LogP contribution in [0.5, 0.6) is 0 Å². The summed E-state index contributed by atoms with van der Waals surface area (Å²) in [6.45, 7) is 0. The summed E-state index contributed by atoms with van der Waals surface area (Å²) in [5.74, 6) is 0. The summed E-state index contributed by atoms with van der Waals surface area (Å²) in [7, 11) is 0. The summed E-state index contributed by atoms with van der Waals surface area (Å²) in [5, 5.41) is 0. The first-order valence-electron chi connectivity index (χ1n) is 9.67. The van der Waals surface area contributed by atoms with Crippen molar-refractivity contribution in [1.29, 1.82) is 0 Å². The third-order valence-electron chi connectivity index (χ3n) is 3.07. The zero-order chi connectivity index (χ0) is 26.1. The molecule has 0 radical (unpaired) electrons. The molecular formula is C25H42Cl4N12O2-2. The third-order valence-corrected chi connectivity index (χ3v) is 3.07. The number of nitrogens with one attached hydrogen (secondary N) is 4. The van der Waals surface area contributed by atoms with E-state index in [4.69, 9.17) is 4.79 Å². The van der Waals surface area contributed by atoms with Crippen molar-refractivity contribution in [3.8, 4) is 0 Å². The van der Waals surface area contributed by atoms with E-state index in [0.29, 0.717) is 0 Å². The molecule has 6 rings (SSSR count). The molecule has 0 aliphatic carbocycles. The van der Waals surface area contributed by atoms with Crippen LogP contribution in [0, 0.1) is 0 Å². The van der Waals surface area contributed by atoms with Crippen LogP contribution in [0.15, 0.2) is 112 Å². The minimum absolute atomic E-state index is 0. The fraction of sp³-hybridized carbons (Fsp3) is 0.200. The van der Waals surface area contributed by atoms with Crippen LogP contribution in [0.4, 0.5) is 9.59 Å². The standard InChI is InChI=1S/C7H6N4O.4C3H4N2.CCl2O.5CH4.2ClH/c12-7(10-3-1-8-5-10)11-4-2-9-6-11;4*1-2-5-3-4-1;2-1(3)4;;;;;;;/h1-6H;4*1-3H,(H,4,5);;5*1H4;2*1H/p-2. The second kappa shape index (κ2) is 39.9. The van der Waals surface area contributed by atoms with Crippen LogP contribution in [-0.4, -0.2) is 69.7 Å². The zero-order valence-electron chi connectivity index (χ0n) is 19.3. The van der Waals surface area contributed by atoms with Crippen molar-refractivity contribution in [3.63, 3.8) is 0 Å². The van der Waals surface area contributed by atoms with Gasteiger partial charge in [0.15, 0.2) is 0 Å². The molecular weight excluding hydrogens is 642 g/mol. The van der Waals surface area contributed by atoms with Crippen LogP contribution in [0.3, 0.4) is 0 Å². The number of aromatic amines is 4. The second-order valence-corrected chi connectivity index (χ2v) is 6.37. The number of hydrogen-bond acceptors (Lipinski definition) is 8. The molecule has 0 aliphatic rings. The van der Waals surface area contributed by atoms with Gasteiger partial charge in [0.2, 0.25) is 0 Å². The van der Waals surface area contributed by atoms with E-state index in [1.165, 1.54) is 21.8 Å². The van der Waals surface area contributed by atoms with E-state index >= 15 is 0 Å². The molecule has 0 unspecified atom stereocenters. The Balaban J connectivity index is -0.0000000736. The van der Waals surface area contributed by atoms with Gasteiger partial charge in [0.1, 0.15) is 12.7 Å². The lowest BCUT2D eigenvalue weighted by molar-refractivity contribution is -0.001000. The van der Waals surface area contributed by atoms with Crippen molar-refractivity contribution >= 4 is 33.9 Å². The molecule has 18 heteroatoms. The van der Waals surface area contributed by atoms with Crippen LogP contribution in [0.25, 0.3) is 0 Å². The zero-order valence-corrected chi connectivity index (χ0v) is 22.3. The highest BCUT2D eigenvalue weighted by Gasteiger charge is 2.03. The van der Waals surface area contributed by atoms with Gasteiger partial charge in [-0.25, -0.2) is 34.7 Å². The van der Waals surface area contributed by atoms with E-state index in [1.54, 1.807) is 99.7 Å². The summed E-state index contributed by atoms with van der Waals surface area (Å²) in [6, 6.07) is -0.190. The van der Waals surface area contributed by atoms with Crippen molar-refractivity contribution in [1.82, 2.24) is 59.0 Å². The maximum Gasteiger partial charge on any atom is 0.338 e. The topological polar surface area (TPSA) is 184 Å². The van der Waals surface area contributed by atoms with E-state index in [1.807, 2.05) is 0 Å². The molecule has 43 heavy (non-hydrogen) atoms. The lowest BCUT2D eigenvalue weighted by Gasteiger charge is -1.98. The first-order chi connectivity index (χ1) is 17.6. The van der Waals surface area contributed by atoms with Crippen LogP contribution < -0.4 is 24.8 Å². The molecule has 0 spiro atoms. The predicted octanol–water partition coefficient (Wildman–Crippen LogP) is 1.01. The first-order valence-corrected chi connectivity index (χ1v) is 10.4. The highest BCUT2D eigenvalue weighted by atomic mass is 35.5. The molecule has 0 amide bonds. The van der Waals surface area contributed by atoms with E-state index in [9.17, 15) is 4.79 Å². The Morgan fingerprint density at radius 1 is 0.488 bits per heavy atom. The minimum Gasteiger partial charge on any atom is -1.00 e. The van der Waals surface area contributed by atoms with Crippen LogP contribution in [0.2, 0.25) is 0 Å². The lowest BCUT2D eigenvalue weighted by atomic mass is 10.8. The second-order valence-electron chi connectivity index (χ2n) is 5.49. The molecule has 0 atom stereocenters. The average Bonchev–Trinajstić information content (AvgIpc) is 3.80. The van der Waals surface area contributed by atoms with Crippen molar-refractivity contribution in [3.05, 3.63) is 112 Å².